The molecule has 0 aliphatic carbocycles. The summed E-state index contributed by atoms with van der Waals surface area (Å²) in [5.41, 5.74) is 8.29. The SMILES string of the molecule is CCCc1nn(C)c(N2CCC(N3CCCC3)C2)c1N. The van der Waals surface area contributed by atoms with Crippen molar-refractivity contribution in [1.82, 2.24) is 14.7 Å². The van der Waals surface area contributed by atoms with Crippen molar-refractivity contribution in [3.05, 3.63) is 5.69 Å². The molecule has 20 heavy (non-hydrogen) atoms. The molecule has 2 N–H and O–H groups in total. The summed E-state index contributed by atoms with van der Waals surface area (Å²) in [6.45, 7) is 6.94. The summed E-state index contributed by atoms with van der Waals surface area (Å²) >= 11 is 0. The Morgan fingerprint density at radius 2 is 2.00 bits per heavy atom. The first-order valence-electron chi connectivity index (χ1n) is 8.01. The second kappa shape index (κ2) is 5.64. The molecular formula is C15H27N5. The lowest BCUT2D eigenvalue weighted by atomic mass is 10.2. The molecule has 2 aliphatic heterocycles. The van der Waals surface area contributed by atoms with Gasteiger partial charge in [-0.25, -0.2) is 0 Å². The Morgan fingerprint density at radius 1 is 1.25 bits per heavy atom. The number of hydrogen-bond acceptors (Lipinski definition) is 4. The average Bonchev–Trinajstić information content (AvgIpc) is 3.11. The third-order valence-electron chi connectivity index (χ3n) is 4.74. The van der Waals surface area contributed by atoms with Gasteiger partial charge in [0.2, 0.25) is 0 Å². The van der Waals surface area contributed by atoms with Gasteiger partial charge in [0, 0.05) is 26.2 Å². The van der Waals surface area contributed by atoms with Gasteiger partial charge in [-0.05, 0) is 38.8 Å². The summed E-state index contributed by atoms with van der Waals surface area (Å²) in [7, 11) is 2.02. The van der Waals surface area contributed by atoms with Crippen LogP contribution in [0.15, 0.2) is 0 Å². The zero-order valence-corrected chi connectivity index (χ0v) is 12.8. The van der Waals surface area contributed by atoms with Crippen LogP contribution in [-0.2, 0) is 13.5 Å². The van der Waals surface area contributed by atoms with E-state index in [-0.39, 0.29) is 0 Å². The molecule has 112 valence electrons. The molecule has 1 unspecified atom stereocenters. The molecule has 2 saturated heterocycles. The van der Waals surface area contributed by atoms with Crippen molar-refractivity contribution < 1.29 is 0 Å². The van der Waals surface area contributed by atoms with Crippen LogP contribution >= 0.6 is 0 Å². The fourth-order valence-corrected chi connectivity index (χ4v) is 3.72. The third kappa shape index (κ3) is 2.39. The highest BCUT2D eigenvalue weighted by molar-refractivity contribution is 5.67. The number of hydrogen-bond donors (Lipinski definition) is 1. The van der Waals surface area contributed by atoms with E-state index in [1.54, 1.807) is 0 Å². The van der Waals surface area contributed by atoms with E-state index in [0.29, 0.717) is 6.04 Å². The first kappa shape index (κ1) is 13.7. The Morgan fingerprint density at radius 3 is 2.70 bits per heavy atom. The monoisotopic (exact) mass is 277 g/mol. The normalized spacial score (nSPS) is 23.9. The molecule has 5 nitrogen and oxygen atoms in total. The molecule has 1 atom stereocenters. The fraction of sp³-hybridized carbons (Fsp3) is 0.800. The molecule has 3 heterocycles. The van der Waals surface area contributed by atoms with Crippen molar-refractivity contribution in [3.63, 3.8) is 0 Å². The number of likely N-dealkylation sites (tertiary alicyclic amines) is 1. The van der Waals surface area contributed by atoms with Crippen molar-refractivity contribution in [2.24, 2.45) is 7.05 Å². The van der Waals surface area contributed by atoms with Crippen molar-refractivity contribution in [3.8, 4) is 0 Å². The summed E-state index contributed by atoms with van der Waals surface area (Å²) in [6.07, 6.45) is 6.06. The van der Waals surface area contributed by atoms with Gasteiger partial charge >= 0.3 is 0 Å². The maximum atomic E-state index is 6.33. The number of nitrogens with two attached hydrogens (primary N) is 1. The van der Waals surface area contributed by atoms with Crippen molar-refractivity contribution >= 4 is 11.5 Å². The maximum Gasteiger partial charge on any atom is 0.150 e. The molecule has 1 aromatic heterocycles. The molecule has 0 aromatic carbocycles. The molecule has 2 fully saturated rings. The summed E-state index contributed by atoms with van der Waals surface area (Å²) < 4.78 is 1.98. The average molecular weight is 277 g/mol. The molecule has 0 bridgehead atoms. The lowest BCUT2D eigenvalue weighted by Gasteiger charge is -2.24. The summed E-state index contributed by atoms with van der Waals surface area (Å²) in [5.74, 6) is 1.13. The first-order chi connectivity index (χ1) is 9.70. The second-order valence-electron chi connectivity index (χ2n) is 6.19. The highest BCUT2D eigenvalue weighted by atomic mass is 15.4. The zero-order valence-electron chi connectivity index (χ0n) is 12.8. The number of nitrogens with zero attached hydrogens (tertiary/aromatic N) is 4. The Labute approximate surface area is 121 Å². The standard InChI is InChI=1S/C15H27N5/c1-3-6-13-14(16)15(18(2)17-13)20-10-7-12(11-20)19-8-4-5-9-19/h12H,3-11,16H2,1-2H3. The summed E-state index contributed by atoms with van der Waals surface area (Å²) in [6, 6.07) is 0.710. The molecule has 0 spiro atoms. The quantitative estimate of drug-likeness (QED) is 0.909. The topological polar surface area (TPSA) is 50.3 Å². The number of aryl methyl sites for hydroxylation is 2. The van der Waals surface area contributed by atoms with Gasteiger partial charge in [-0.3, -0.25) is 9.58 Å². The highest BCUT2D eigenvalue weighted by Gasteiger charge is 2.31. The molecular weight excluding hydrogens is 250 g/mol. The van der Waals surface area contributed by atoms with Crippen LogP contribution in [0.2, 0.25) is 0 Å². The predicted molar refractivity (Wildman–Crippen MR) is 83.0 cm³/mol. The van der Waals surface area contributed by atoms with Gasteiger partial charge in [0.05, 0.1) is 11.4 Å². The Kier molecular flexibility index (Phi) is 3.87. The molecule has 0 saturated carbocycles. The number of aromatic nitrogens is 2. The number of anilines is 2. The van der Waals surface area contributed by atoms with E-state index in [1.807, 2.05) is 11.7 Å². The van der Waals surface area contributed by atoms with Gasteiger partial charge in [-0.2, -0.15) is 5.10 Å². The van der Waals surface area contributed by atoms with E-state index >= 15 is 0 Å². The lowest BCUT2D eigenvalue weighted by molar-refractivity contribution is 0.260. The van der Waals surface area contributed by atoms with Crippen molar-refractivity contribution in [2.75, 3.05) is 36.8 Å². The second-order valence-corrected chi connectivity index (χ2v) is 6.19. The van der Waals surface area contributed by atoms with E-state index in [9.17, 15) is 0 Å². The van der Waals surface area contributed by atoms with E-state index in [1.165, 1.54) is 32.4 Å². The van der Waals surface area contributed by atoms with E-state index in [4.69, 9.17) is 5.73 Å². The van der Waals surface area contributed by atoms with Crippen LogP contribution in [0, 0.1) is 0 Å². The molecule has 2 aliphatic rings. The van der Waals surface area contributed by atoms with Crippen molar-refractivity contribution in [1.29, 1.82) is 0 Å². The van der Waals surface area contributed by atoms with Crippen LogP contribution in [0.3, 0.4) is 0 Å². The predicted octanol–water partition coefficient (Wildman–Crippen LogP) is 1.63. The largest absolute Gasteiger partial charge is 0.394 e. The van der Waals surface area contributed by atoms with Gasteiger partial charge in [0.25, 0.3) is 0 Å². The van der Waals surface area contributed by atoms with Gasteiger partial charge in [0.15, 0.2) is 0 Å². The minimum atomic E-state index is 0.710. The van der Waals surface area contributed by atoms with Crippen LogP contribution in [0.4, 0.5) is 11.5 Å². The van der Waals surface area contributed by atoms with Crippen LogP contribution < -0.4 is 10.6 Å². The van der Waals surface area contributed by atoms with E-state index < -0.39 is 0 Å². The lowest BCUT2D eigenvalue weighted by Crippen LogP contribution is -2.35. The zero-order chi connectivity index (χ0) is 14.1. The Hall–Kier alpha value is -1.23. The van der Waals surface area contributed by atoms with Gasteiger partial charge in [0.1, 0.15) is 5.82 Å². The van der Waals surface area contributed by atoms with Crippen LogP contribution in [0.25, 0.3) is 0 Å². The molecule has 5 heteroatoms. The van der Waals surface area contributed by atoms with Crippen LogP contribution in [-0.4, -0.2) is 46.9 Å². The molecule has 0 radical (unpaired) electrons. The Balaban J connectivity index is 1.73. The minimum Gasteiger partial charge on any atom is -0.394 e. The van der Waals surface area contributed by atoms with Gasteiger partial charge in [-0.1, -0.05) is 13.3 Å². The summed E-state index contributed by atoms with van der Waals surface area (Å²) in [4.78, 5) is 5.09. The molecule has 3 rings (SSSR count). The molecule has 1 aromatic rings. The summed E-state index contributed by atoms with van der Waals surface area (Å²) in [5, 5.41) is 4.60. The molecule has 0 amide bonds. The third-order valence-corrected chi connectivity index (χ3v) is 4.74. The number of rotatable bonds is 4. The van der Waals surface area contributed by atoms with Crippen LogP contribution in [0.5, 0.6) is 0 Å². The van der Waals surface area contributed by atoms with Gasteiger partial charge in [-0.15, -0.1) is 0 Å². The smallest absolute Gasteiger partial charge is 0.150 e. The highest BCUT2D eigenvalue weighted by Crippen LogP contribution is 2.31. The van der Waals surface area contributed by atoms with Crippen LogP contribution in [0.1, 0.15) is 38.3 Å². The fourth-order valence-electron chi connectivity index (χ4n) is 3.72. The van der Waals surface area contributed by atoms with Crippen molar-refractivity contribution in [2.45, 2.75) is 45.1 Å². The minimum absolute atomic E-state index is 0.710. The number of nitrogen functional groups attached to an aromatic ring is 1. The first-order valence-corrected chi connectivity index (χ1v) is 8.01. The maximum absolute atomic E-state index is 6.33. The van der Waals surface area contributed by atoms with E-state index in [2.05, 4.69) is 21.8 Å². The van der Waals surface area contributed by atoms with E-state index in [0.717, 1.165) is 43.1 Å². The Bertz CT molecular complexity index is 461. The van der Waals surface area contributed by atoms with Gasteiger partial charge < -0.3 is 10.6 Å².